The molecular weight excluding hydrogens is 420 g/mol. The Labute approximate surface area is 172 Å². The molecule has 1 fully saturated rings. The van der Waals surface area contributed by atoms with E-state index in [0.717, 1.165) is 28.0 Å². The molecule has 3 heterocycles. The third kappa shape index (κ3) is 3.10. The number of hydrogen-bond acceptors (Lipinski definition) is 8. The van der Waals surface area contributed by atoms with Gasteiger partial charge in [-0.2, -0.15) is 0 Å². The molecule has 2 aliphatic heterocycles. The van der Waals surface area contributed by atoms with Gasteiger partial charge in [0.2, 0.25) is 11.8 Å². The van der Waals surface area contributed by atoms with E-state index in [0.29, 0.717) is 27.0 Å². The van der Waals surface area contributed by atoms with Crippen LogP contribution in [-0.2, 0) is 14.4 Å². The fourth-order valence-electron chi connectivity index (χ4n) is 3.77. The first-order chi connectivity index (χ1) is 13.8. The molecule has 0 saturated carbocycles. The van der Waals surface area contributed by atoms with Gasteiger partial charge >= 0.3 is 10.8 Å². The topological polar surface area (TPSA) is 126 Å². The molecule has 29 heavy (non-hydrogen) atoms. The Hall–Kier alpha value is -2.79. The van der Waals surface area contributed by atoms with Crippen LogP contribution in [-0.4, -0.2) is 58.8 Å². The number of H-pyrrole nitrogens is 1. The number of thioether (sulfide) groups is 1. The van der Waals surface area contributed by atoms with Crippen molar-refractivity contribution in [1.29, 1.82) is 0 Å². The lowest BCUT2D eigenvalue weighted by molar-refractivity contribution is -0.149. The van der Waals surface area contributed by atoms with E-state index >= 15 is 0 Å². The van der Waals surface area contributed by atoms with E-state index in [-0.39, 0.29) is 4.87 Å². The van der Waals surface area contributed by atoms with Crippen LogP contribution < -0.4 is 14.3 Å². The number of nitrogens with one attached hydrogen (secondary N) is 1. The van der Waals surface area contributed by atoms with Crippen LogP contribution in [0.2, 0.25) is 0 Å². The maximum absolute atomic E-state index is 13.1. The number of imide groups is 1. The predicted molar refractivity (Wildman–Crippen MR) is 104 cm³/mol. The Morgan fingerprint density at radius 1 is 1.17 bits per heavy atom. The minimum Gasteiger partial charge on any atom is -0.493 e. The molecule has 11 heteroatoms. The quantitative estimate of drug-likeness (QED) is 0.668. The first kappa shape index (κ1) is 19.5. The number of aromatic nitrogens is 1. The molecule has 1 aromatic carbocycles. The number of carboxylic acids is 1. The lowest BCUT2D eigenvalue weighted by Crippen LogP contribution is -2.36. The summed E-state index contributed by atoms with van der Waals surface area (Å²) in [6, 6.07) is 5.16. The van der Waals surface area contributed by atoms with Gasteiger partial charge in [0.15, 0.2) is 11.5 Å². The highest BCUT2D eigenvalue weighted by Crippen LogP contribution is 2.53. The van der Waals surface area contributed by atoms with E-state index in [1.165, 1.54) is 14.2 Å². The number of benzene rings is 1. The van der Waals surface area contributed by atoms with E-state index in [1.54, 1.807) is 18.2 Å². The number of likely N-dealkylation sites (tertiary alicyclic amines) is 1. The van der Waals surface area contributed by atoms with Crippen molar-refractivity contribution in [3.8, 4) is 11.5 Å². The van der Waals surface area contributed by atoms with Crippen LogP contribution >= 0.6 is 23.1 Å². The molecule has 3 atom stereocenters. The summed E-state index contributed by atoms with van der Waals surface area (Å²) in [5.41, 5.74) is 0.674. The van der Waals surface area contributed by atoms with Crippen LogP contribution in [0.15, 0.2) is 28.0 Å². The number of carbonyl (C=O) groups is 3. The number of rotatable bonds is 5. The van der Waals surface area contributed by atoms with Crippen LogP contribution in [0.25, 0.3) is 0 Å². The zero-order valence-corrected chi connectivity index (χ0v) is 17.0. The summed E-state index contributed by atoms with van der Waals surface area (Å²) in [4.78, 5) is 52.9. The molecule has 2 N–H and O–H groups in total. The van der Waals surface area contributed by atoms with Crippen molar-refractivity contribution in [2.75, 3.05) is 20.8 Å². The number of nitrogens with zero attached hydrogens (tertiary/aromatic N) is 1. The third-order valence-electron chi connectivity index (χ3n) is 4.98. The Balaban J connectivity index is 1.86. The number of carboxylic acid groups (broad SMARTS) is 1. The standard InChI is InChI=1S/C18H16N2O7S2/c1-26-8-4-3-7(5-9(8)27-2)11-12-14(28-15-13(11)29-18(25)19-15)17(24)20(16(12)23)6-10(21)22/h3-5,11-12,14H,6H2,1-2H3,(H,19,25)(H,21,22)/t11-,12+,14-/m0/s1. The summed E-state index contributed by atoms with van der Waals surface area (Å²) in [6.45, 7) is -0.686. The first-order valence-corrected chi connectivity index (χ1v) is 10.2. The lowest BCUT2D eigenvalue weighted by Gasteiger charge is -2.30. The highest BCUT2D eigenvalue weighted by atomic mass is 32.2. The summed E-state index contributed by atoms with van der Waals surface area (Å²) < 4.78 is 10.6. The second kappa shape index (κ2) is 7.23. The van der Waals surface area contributed by atoms with Gasteiger partial charge in [-0.3, -0.25) is 24.1 Å². The maximum Gasteiger partial charge on any atom is 0.323 e. The Bertz CT molecular complexity index is 1080. The fourth-order valence-corrected chi connectivity index (χ4v) is 6.31. The van der Waals surface area contributed by atoms with Gasteiger partial charge in [0.1, 0.15) is 11.8 Å². The van der Waals surface area contributed by atoms with Crippen LogP contribution in [0.3, 0.4) is 0 Å². The van der Waals surface area contributed by atoms with E-state index in [2.05, 4.69) is 4.98 Å². The third-order valence-corrected chi connectivity index (χ3v) is 7.38. The van der Waals surface area contributed by atoms with Gasteiger partial charge < -0.3 is 19.6 Å². The number of fused-ring (bicyclic) bond motifs is 2. The summed E-state index contributed by atoms with van der Waals surface area (Å²) in [5.74, 6) is -2.83. The van der Waals surface area contributed by atoms with Crippen LogP contribution in [0, 0.1) is 5.92 Å². The van der Waals surface area contributed by atoms with Crippen molar-refractivity contribution in [2.24, 2.45) is 5.92 Å². The first-order valence-electron chi connectivity index (χ1n) is 8.54. The normalized spacial score (nSPS) is 23.0. The van der Waals surface area contributed by atoms with Gasteiger partial charge in [-0.15, -0.1) is 0 Å². The van der Waals surface area contributed by atoms with E-state index in [1.807, 2.05) is 0 Å². The van der Waals surface area contributed by atoms with Gasteiger partial charge in [0, 0.05) is 10.8 Å². The number of amides is 2. The van der Waals surface area contributed by atoms with Crippen molar-refractivity contribution in [1.82, 2.24) is 9.88 Å². The number of hydrogen-bond donors (Lipinski definition) is 2. The average Bonchev–Trinajstić information content (AvgIpc) is 3.17. The molecular formula is C18H16N2O7S2. The molecule has 0 radical (unpaired) electrons. The molecule has 0 unspecified atom stereocenters. The SMILES string of the molecule is COc1ccc([C@@H]2c3sc(=O)[nH]c3S[C@@H]3C(=O)N(CC(=O)O)C(=O)[C@H]23)cc1OC. The summed E-state index contributed by atoms with van der Waals surface area (Å²) in [7, 11) is 2.99. The van der Waals surface area contributed by atoms with Gasteiger partial charge in [0.05, 0.1) is 25.2 Å². The molecule has 0 aliphatic carbocycles. The fraction of sp³-hybridized carbons (Fsp3) is 0.333. The number of thiazole rings is 1. The monoisotopic (exact) mass is 436 g/mol. The number of methoxy groups -OCH3 is 2. The number of ether oxygens (including phenoxy) is 2. The highest BCUT2D eigenvalue weighted by Gasteiger charge is 2.56. The maximum atomic E-state index is 13.1. The second-order valence-corrected chi connectivity index (χ2v) is 8.69. The van der Waals surface area contributed by atoms with Crippen molar-refractivity contribution in [3.63, 3.8) is 0 Å². The molecule has 2 aliphatic rings. The minimum absolute atomic E-state index is 0.282. The van der Waals surface area contributed by atoms with Gasteiger partial charge in [-0.25, -0.2) is 0 Å². The van der Waals surface area contributed by atoms with Crippen molar-refractivity contribution in [3.05, 3.63) is 38.3 Å². The molecule has 2 aromatic rings. The van der Waals surface area contributed by atoms with Crippen LogP contribution in [0.5, 0.6) is 11.5 Å². The Morgan fingerprint density at radius 3 is 2.55 bits per heavy atom. The van der Waals surface area contributed by atoms with Gasteiger partial charge in [0.25, 0.3) is 0 Å². The summed E-state index contributed by atoms with van der Waals surface area (Å²) in [5, 5.41) is 8.81. The molecule has 9 nitrogen and oxygen atoms in total. The van der Waals surface area contributed by atoms with Crippen LogP contribution in [0.1, 0.15) is 16.4 Å². The Morgan fingerprint density at radius 2 is 1.90 bits per heavy atom. The molecule has 0 spiro atoms. The lowest BCUT2D eigenvalue weighted by atomic mass is 9.83. The van der Waals surface area contributed by atoms with Crippen molar-refractivity contribution < 1.29 is 29.0 Å². The van der Waals surface area contributed by atoms with E-state index in [9.17, 15) is 19.2 Å². The van der Waals surface area contributed by atoms with E-state index < -0.39 is 41.4 Å². The summed E-state index contributed by atoms with van der Waals surface area (Å²) >= 11 is 2.08. The molecule has 4 rings (SSSR count). The summed E-state index contributed by atoms with van der Waals surface area (Å²) in [6.07, 6.45) is 0. The molecule has 0 bridgehead atoms. The molecule has 152 valence electrons. The van der Waals surface area contributed by atoms with Gasteiger partial charge in [-0.1, -0.05) is 29.2 Å². The van der Waals surface area contributed by atoms with Crippen molar-refractivity contribution >= 4 is 40.9 Å². The zero-order valence-electron chi connectivity index (χ0n) is 15.3. The minimum atomic E-state index is -1.26. The highest BCUT2D eigenvalue weighted by molar-refractivity contribution is 8.00. The number of aliphatic carboxylic acids is 1. The smallest absolute Gasteiger partial charge is 0.323 e. The average molecular weight is 436 g/mol. The molecule has 1 saturated heterocycles. The van der Waals surface area contributed by atoms with Gasteiger partial charge in [-0.05, 0) is 17.7 Å². The molecule has 2 amide bonds. The largest absolute Gasteiger partial charge is 0.493 e. The van der Waals surface area contributed by atoms with E-state index in [4.69, 9.17) is 14.6 Å². The van der Waals surface area contributed by atoms with Crippen molar-refractivity contribution in [2.45, 2.75) is 16.2 Å². The zero-order chi connectivity index (χ0) is 20.9. The molecule has 1 aromatic heterocycles. The Kier molecular flexibility index (Phi) is 4.87. The second-order valence-electron chi connectivity index (χ2n) is 6.52. The number of aromatic amines is 1. The number of carbonyl (C=O) groups excluding carboxylic acids is 2. The predicted octanol–water partition coefficient (Wildman–Crippen LogP) is 1.13. The van der Waals surface area contributed by atoms with Crippen LogP contribution in [0.4, 0.5) is 0 Å².